The van der Waals surface area contributed by atoms with Crippen LogP contribution in [0.4, 0.5) is 10.2 Å². The van der Waals surface area contributed by atoms with Gasteiger partial charge in [-0.2, -0.15) is 8.62 Å². The number of anilines is 1. The number of rotatable bonds is 9. The molecule has 208 valence electrons. The van der Waals surface area contributed by atoms with Crippen molar-refractivity contribution in [3.05, 3.63) is 42.6 Å². The van der Waals surface area contributed by atoms with Crippen molar-refractivity contribution in [2.45, 2.75) is 24.5 Å². The van der Waals surface area contributed by atoms with Crippen LogP contribution >= 0.6 is 23.5 Å². The van der Waals surface area contributed by atoms with Crippen molar-refractivity contribution in [3.8, 4) is 11.1 Å². The van der Waals surface area contributed by atoms with Gasteiger partial charge in [0.05, 0.1) is 12.0 Å². The molecule has 8 N–H and O–H groups in total. The molecule has 2 aromatic heterocycles. The predicted octanol–water partition coefficient (Wildman–Crippen LogP) is -2.21. The number of ether oxygens (including phenoxy) is 1. The third-order valence-corrected chi connectivity index (χ3v) is 9.03. The molecule has 6 atom stereocenters. The Morgan fingerprint density at radius 3 is 2.26 bits per heavy atom. The first kappa shape index (κ1) is 32.4. The molecule has 3 aromatic rings. The van der Waals surface area contributed by atoms with Crippen molar-refractivity contribution >= 4 is 40.3 Å². The molecule has 0 spiro atoms. The summed E-state index contributed by atoms with van der Waals surface area (Å²) in [6, 6.07) is 5.35. The average molecular weight is 623 g/mol. The molecule has 39 heavy (non-hydrogen) atoms. The van der Waals surface area contributed by atoms with Crippen LogP contribution in [-0.4, -0.2) is 69.2 Å². The fraction of sp³-hybridized carbons (Fsp3) is 0.294. The Hall–Kier alpha value is -1.14. The van der Waals surface area contributed by atoms with E-state index in [0.717, 1.165) is 6.33 Å². The third-order valence-electron chi connectivity index (χ3n) is 5.22. The zero-order valence-corrected chi connectivity index (χ0v) is 24.3. The van der Waals surface area contributed by atoms with Gasteiger partial charge in [-0.15, -0.1) is 0 Å². The minimum Gasteiger partial charge on any atom is -0.387 e. The normalized spacial score (nSPS) is 24.7. The molecule has 1 aliphatic rings. The molecule has 17 nitrogen and oxygen atoms in total. The molecule has 2 unspecified atom stereocenters. The number of aromatic nitrogens is 3. The Morgan fingerprint density at radius 1 is 1.00 bits per heavy atom. The molecule has 0 saturated carbocycles. The van der Waals surface area contributed by atoms with Crippen LogP contribution in [-0.2, 0) is 31.6 Å². The molecule has 1 fully saturated rings. The second-order valence-corrected chi connectivity index (χ2v) is 12.3. The number of aliphatic hydroxyl groups is 2. The maximum Gasteiger partial charge on any atom is 1.00 e. The summed E-state index contributed by atoms with van der Waals surface area (Å²) in [6.45, 7) is -1.00. The van der Waals surface area contributed by atoms with E-state index in [0.29, 0.717) is 16.5 Å². The van der Waals surface area contributed by atoms with Gasteiger partial charge >= 0.3 is 53.0 Å². The number of hydrogen-bond acceptors (Lipinski definition) is 12. The maximum absolute atomic E-state index is 13.4. The third kappa shape index (κ3) is 7.58. The number of phosphoric acid groups is 3. The number of nitrogens with two attached hydrogens (primary N) is 1. The molecule has 0 amide bonds. The first-order chi connectivity index (χ1) is 17.6. The van der Waals surface area contributed by atoms with E-state index in [1.54, 1.807) is 0 Å². The van der Waals surface area contributed by atoms with Gasteiger partial charge in [0.25, 0.3) is 0 Å². The molecule has 4 rings (SSSR count). The first-order valence-corrected chi connectivity index (χ1v) is 14.8. The van der Waals surface area contributed by atoms with Gasteiger partial charge in [-0.05, 0) is 17.7 Å². The van der Waals surface area contributed by atoms with E-state index in [-0.39, 0.29) is 41.0 Å². The minimum absolute atomic E-state index is 0. The summed E-state index contributed by atoms with van der Waals surface area (Å²) < 4.78 is 66.3. The largest absolute Gasteiger partial charge is 1.00 e. The molecule has 22 heteroatoms. The van der Waals surface area contributed by atoms with E-state index < -0.39 is 60.4 Å². The van der Waals surface area contributed by atoms with Crippen LogP contribution in [0.25, 0.3) is 22.2 Å². The van der Waals surface area contributed by atoms with E-state index in [1.807, 2.05) is 0 Å². The van der Waals surface area contributed by atoms with E-state index in [1.165, 1.54) is 35.0 Å². The van der Waals surface area contributed by atoms with E-state index >= 15 is 0 Å². The number of nitrogen functional groups attached to an aromatic ring is 1. The Balaban J connectivity index is 0.00000420. The van der Waals surface area contributed by atoms with Crippen LogP contribution in [0.5, 0.6) is 0 Å². The maximum atomic E-state index is 13.4. The zero-order chi connectivity index (χ0) is 28.0. The molecule has 0 aliphatic carbocycles. The van der Waals surface area contributed by atoms with Crippen LogP contribution in [0.3, 0.4) is 0 Å². The summed E-state index contributed by atoms with van der Waals surface area (Å²) in [6.07, 6.45) is -3.71. The second-order valence-electron chi connectivity index (χ2n) is 7.85. The molecule has 1 saturated heterocycles. The van der Waals surface area contributed by atoms with Gasteiger partial charge in [-0.3, -0.25) is 4.52 Å². The monoisotopic (exact) mass is 623 g/mol. The van der Waals surface area contributed by atoms with Crippen molar-refractivity contribution < 1.29 is 95.3 Å². The molecular weight excluding hydrogens is 603 g/mol. The quantitative estimate of drug-likeness (QED) is 0.0983. The summed E-state index contributed by atoms with van der Waals surface area (Å²) in [4.78, 5) is 44.1. The van der Waals surface area contributed by atoms with Crippen molar-refractivity contribution in [3.63, 3.8) is 0 Å². The molecule has 1 aliphatic heterocycles. The van der Waals surface area contributed by atoms with Gasteiger partial charge in [0, 0.05) is 11.8 Å². The average Bonchev–Trinajstić information content (AvgIpc) is 3.29. The number of fused-ring (bicyclic) bond motifs is 1. The molecular formula is C17H20FN4NaO13P3+. The number of phosphoric ester groups is 1. The summed E-state index contributed by atoms with van der Waals surface area (Å²) in [5.74, 6) is -0.441. The number of halogens is 1. The molecule has 0 bridgehead atoms. The van der Waals surface area contributed by atoms with Crippen LogP contribution in [0.1, 0.15) is 6.23 Å². The Bertz CT molecular complexity index is 1490. The number of hydrogen-bond donors (Lipinski definition) is 7. The topological polar surface area (TPSA) is 266 Å². The standard InChI is InChI=1S/C17H20FN4O13P3.Na/c18-9-3-1-8(2-4-9)10-5-22(16-12(10)15(19)20-7-21-16)17-14(24)13(23)11(33-17)6-32-37(28,29)35-38(30,31)34-36(25,26)27;/h1-5,7,11,13-14,17,23-24H,6H2,(H,28,29)(H,30,31)(H2,19,20,21)(H2,25,26,27);/q;+1/t11-,13-,14-,17-;/m1./s1. The van der Waals surface area contributed by atoms with E-state index in [2.05, 4.69) is 23.1 Å². The van der Waals surface area contributed by atoms with E-state index in [9.17, 15) is 38.1 Å². The molecule has 1 aromatic carbocycles. The Labute approximate surface area is 240 Å². The van der Waals surface area contributed by atoms with Gasteiger partial charge in [0.15, 0.2) is 6.23 Å². The van der Waals surface area contributed by atoms with Crippen LogP contribution in [0.2, 0.25) is 0 Å². The van der Waals surface area contributed by atoms with E-state index in [4.69, 9.17) is 20.3 Å². The fourth-order valence-corrected chi connectivity index (χ4v) is 6.75. The second kappa shape index (κ2) is 12.0. The van der Waals surface area contributed by atoms with Crippen molar-refractivity contribution in [1.29, 1.82) is 0 Å². The van der Waals surface area contributed by atoms with Gasteiger partial charge in [0.2, 0.25) is 0 Å². The van der Waals surface area contributed by atoms with Gasteiger partial charge < -0.3 is 44.8 Å². The number of nitrogens with zero attached hydrogens (tertiary/aromatic N) is 3. The predicted molar refractivity (Wildman–Crippen MR) is 123 cm³/mol. The van der Waals surface area contributed by atoms with Crippen molar-refractivity contribution in [1.82, 2.24) is 14.5 Å². The first-order valence-electron chi connectivity index (χ1n) is 10.2. The Morgan fingerprint density at radius 2 is 1.64 bits per heavy atom. The van der Waals surface area contributed by atoms with Gasteiger partial charge in [-0.1, -0.05) is 12.1 Å². The van der Waals surface area contributed by atoms with Crippen molar-refractivity contribution in [2.24, 2.45) is 0 Å². The summed E-state index contributed by atoms with van der Waals surface area (Å²) >= 11 is 0. The zero-order valence-electron chi connectivity index (χ0n) is 19.7. The summed E-state index contributed by atoms with van der Waals surface area (Å²) in [5.41, 5.74) is 7.12. The van der Waals surface area contributed by atoms with Crippen molar-refractivity contribution in [2.75, 3.05) is 12.3 Å². The minimum atomic E-state index is -5.75. The molecule has 0 radical (unpaired) electrons. The van der Waals surface area contributed by atoms with Gasteiger partial charge in [-0.25, -0.2) is 28.1 Å². The number of aliphatic hydroxyl groups excluding tert-OH is 2. The molecule has 3 heterocycles. The SMILES string of the molecule is Nc1ncnc2c1c(-c1ccc(F)cc1)cn2[C@@H]1O[C@H](COP(=O)(O)OP(=O)(O)OP(=O)(O)O)[C@@H](O)[C@H]1O.[Na+]. The fourth-order valence-electron chi connectivity index (χ4n) is 3.72. The van der Waals surface area contributed by atoms with Crippen LogP contribution in [0, 0.1) is 5.82 Å². The van der Waals surface area contributed by atoms with Gasteiger partial charge in [0.1, 0.15) is 41.9 Å². The van der Waals surface area contributed by atoms with Crippen LogP contribution in [0.15, 0.2) is 36.8 Å². The smallest absolute Gasteiger partial charge is 0.387 e. The Kier molecular flexibility index (Phi) is 9.96. The number of benzene rings is 1. The summed E-state index contributed by atoms with van der Waals surface area (Å²) in [5, 5.41) is 21.4. The van der Waals surface area contributed by atoms with Crippen LogP contribution < -0.4 is 35.3 Å². The summed E-state index contributed by atoms with van der Waals surface area (Å²) in [7, 11) is -16.8.